The van der Waals surface area contributed by atoms with Crippen LogP contribution in [0.15, 0.2) is 66.9 Å². The zero-order valence-corrected chi connectivity index (χ0v) is 19.2. The van der Waals surface area contributed by atoms with Crippen LogP contribution in [-0.4, -0.2) is 4.98 Å². The number of nitrogens with zero attached hydrogens (tertiary/aromatic N) is 2. The first-order valence-corrected chi connectivity index (χ1v) is 11.0. The zero-order chi connectivity index (χ0) is 21.9. The molecule has 0 spiro atoms. The second-order valence-corrected chi connectivity index (χ2v) is 9.43. The van der Waals surface area contributed by atoms with E-state index in [1.165, 1.54) is 55.9 Å². The topological polar surface area (TPSA) is 16.8 Å². The van der Waals surface area contributed by atoms with Crippen LogP contribution in [0.2, 0.25) is 0 Å². The molecule has 0 bridgehead atoms. The minimum Gasteiger partial charge on any atom is -0.257 e. The normalized spacial score (nSPS) is 13.7. The molecule has 2 heterocycles. The Morgan fingerprint density at radius 2 is 1.42 bits per heavy atom. The smallest absolute Gasteiger partial charge is 0.212 e. The molecule has 0 fully saturated rings. The van der Waals surface area contributed by atoms with Crippen molar-refractivity contribution in [1.82, 2.24) is 4.98 Å². The maximum Gasteiger partial charge on any atom is 0.212 e. The van der Waals surface area contributed by atoms with E-state index in [0.717, 1.165) is 5.69 Å². The summed E-state index contributed by atoms with van der Waals surface area (Å²) in [5.41, 5.74) is 13.7. The number of hydrogen-bond donors (Lipinski definition) is 0. The molecule has 0 amide bonds. The standard InChI is InChI=1S/C29H29N2/c1-18-7-11-21(12-8-18)22-13-16-25(31(6)17-22)26-19(2)9-14-23-24-15-10-20(3)30-28(24)29(4,5)27(23)26/h7-17H,1-6H3/q+1. The number of aryl methyl sites for hydroxylation is 4. The SMILES string of the molecule is Cc1ccc(-c2ccc(-c3c(C)ccc4c3C(C)(C)c3nc(C)ccc3-4)[n+](C)c2)cc1. The van der Waals surface area contributed by atoms with Crippen LogP contribution in [0.25, 0.3) is 33.5 Å². The Morgan fingerprint density at radius 1 is 0.742 bits per heavy atom. The first-order chi connectivity index (χ1) is 14.8. The molecule has 1 aliphatic rings. The fourth-order valence-electron chi connectivity index (χ4n) is 5.06. The molecule has 2 heteroatoms. The van der Waals surface area contributed by atoms with Crippen LogP contribution < -0.4 is 4.57 Å². The number of pyridine rings is 2. The van der Waals surface area contributed by atoms with E-state index in [1.807, 2.05) is 0 Å². The average molecular weight is 406 g/mol. The van der Waals surface area contributed by atoms with Crippen LogP contribution in [0.5, 0.6) is 0 Å². The van der Waals surface area contributed by atoms with E-state index in [0.29, 0.717) is 0 Å². The first kappa shape index (κ1) is 19.7. The number of rotatable bonds is 2. The number of benzene rings is 2. The average Bonchev–Trinajstić information content (AvgIpc) is 2.96. The summed E-state index contributed by atoms with van der Waals surface area (Å²) in [6.07, 6.45) is 2.25. The highest BCUT2D eigenvalue weighted by atomic mass is 14.9. The van der Waals surface area contributed by atoms with E-state index in [-0.39, 0.29) is 5.41 Å². The maximum atomic E-state index is 4.96. The van der Waals surface area contributed by atoms with Crippen molar-refractivity contribution in [3.05, 3.63) is 94.9 Å². The second kappa shape index (κ2) is 6.88. The maximum absolute atomic E-state index is 4.96. The molecule has 0 radical (unpaired) electrons. The quantitative estimate of drug-likeness (QED) is 0.349. The van der Waals surface area contributed by atoms with Gasteiger partial charge in [-0.1, -0.05) is 61.9 Å². The molecule has 2 aromatic heterocycles. The molecule has 2 aromatic carbocycles. The Bertz CT molecular complexity index is 1330. The van der Waals surface area contributed by atoms with Gasteiger partial charge in [0.2, 0.25) is 5.69 Å². The predicted octanol–water partition coefficient (Wildman–Crippen LogP) is 6.47. The van der Waals surface area contributed by atoms with E-state index >= 15 is 0 Å². The third-order valence-corrected chi connectivity index (χ3v) is 6.73. The summed E-state index contributed by atoms with van der Waals surface area (Å²) in [5, 5.41) is 0. The van der Waals surface area contributed by atoms with Crippen molar-refractivity contribution in [2.45, 2.75) is 40.0 Å². The van der Waals surface area contributed by atoms with Crippen LogP contribution in [-0.2, 0) is 12.5 Å². The molecule has 0 saturated heterocycles. The Labute approximate surface area is 185 Å². The molecule has 0 aliphatic heterocycles. The highest BCUT2D eigenvalue weighted by molar-refractivity contribution is 5.87. The fourth-order valence-corrected chi connectivity index (χ4v) is 5.06. The summed E-state index contributed by atoms with van der Waals surface area (Å²) >= 11 is 0. The molecule has 2 nitrogen and oxygen atoms in total. The van der Waals surface area contributed by atoms with Gasteiger partial charge in [-0.05, 0) is 55.2 Å². The van der Waals surface area contributed by atoms with E-state index in [9.17, 15) is 0 Å². The van der Waals surface area contributed by atoms with Crippen molar-refractivity contribution in [3.63, 3.8) is 0 Å². The second-order valence-electron chi connectivity index (χ2n) is 9.43. The summed E-state index contributed by atoms with van der Waals surface area (Å²) < 4.78 is 2.27. The van der Waals surface area contributed by atoms with Gasteiger partial charge in [-0.15, -0.1) is 0 Å². The summed E-state index contributed by atoms with van der Waals surface area (Å²) in [5.74, 6) is 0. The Morgan fingerprint density at radius 3 is 2.13 bits per heavy atom. The van der Waals surface area contributed by atoms with Crippen molar-refractivity contribution < 1.29 is 4.57 Å². The molecule has 0 saturated carbocycles. The van der Waals surface area contributed by atoms with Gasteiger partial charge >= 0.3 is 0 Å². The number of fused-ring (bicyclic) bond motifs is 3. The fraction of sp³-hybridized carbons (Fsp3) is 0.241. The largest absolute Gasteiger partial charge is 0.257 e. The molecule has 5 rings (SSSR count). The minimum absolute atomic E-state index is 0.138. The summed E-state index contributed by atoms with van der Waals surface area (Å²) in [6, 6.07) is 22.2. The van der Waals surface area contributed by atoms with Crippen LogP contribution in [0, 0.1) is 20.8 Å². The lowest BCUT2D eigenvalue weighted by Crippen LogP contribution is -2.32. The van der Waals surface area contributed by atoms with Crippen molar-refractivity contribution in [1.29, 1.82) is 0 Å². The molecular formula is C29H29N2+. The highest BCUT2D eigenvalue weighted by Gasteiger charge is 2.41. The van der Waals surface area contributed by atoms with E-state index in [1.54, 1.807) is 0 Å². The van der Waals surface area contributed by atoms with Gasteiger partial charge in [-0.3, -0.25) is 4.98 Å². The van der Waals surface area contributed by atoms with Gasteiger partial charge in [0.05, 0.1) is 11.3 Å². The molecule has 4 aromatic rings. The predicted molar refractivity (Wildman–Crippen MR) is 128 cm³/mol. The lowest BCUT2D eigenvalue weighted by Gasteiger charge is -2.24. The molecule has 0 N–H and O–H groups in total. The highest BCUT2D eigenvalue weighted by Crippen LogP contribution is 2.51. The third kappa shape index (κ3) is 3.01. The lowest BCUT2D eigenvalue weighted by molar-refractivity contribution is -0.659. The monoisotopic (exact) mass is 405 g/mol. The molecular weight excluding hydrogens is 376 g/mol. The van der Waals surface area contributed by atoms with E-state index < -0.39 is 0 Å². The Balaban J connectivity index is 1.71. The molecule has 0 atom stereocenters. The van der Waals surface area contributed by atoms with E-state index in [2.05, 4.69) is 113 Å². The van der Waals surface area contributed by atoms with Gasteiger partial charge in [-0.2, -0.15) is 0 Å². The summed E-state index contributed by atoms with van der Waals surface area (Å²) in [7, 11) is 2.16. The lowest BCUT2D eigenvalue weighted by atomic mass is 9.80. The van der Waals surface area contributed by atoms with Crippen molar-refractivity contribution in [2.75, 3.05) is 0 Å². The first-order valence-electron chi connectivity index (χ1n) is 11.0. The Kier molecular flexibility index (Phi) is 4.37. The van der Waals surface area contributed by atoms with Gasteiger partial charge in [0.15, 0.2) is 6.20 Å². The summed E-state index contributed by atoms with van der Waals surface area (Å²) in [6.45, 7) is 11.1. The zero-order valence-electron chi connectivity index (χ0n) is 19.2. The van der Waals surface area contributed by atoms with Crippen LogP contribution in [0.4, 0.5) is 0 Å². The number of aromatic nitrogens is 2. The van der Waals surface area contributed by atoms with Crippen LogP contribution in [0.3, 0.4) is 0 Å². The van der Waals surface area contributed by atoms with Gasteiger partial charge in [0, 0.05) is 28.3 Å². The molecule has 31 heavy (non-hydrogen) atoms. The molecule has 154 valence electrons. The van der Waals surface area contributed by atoms with Crippen molar-refractivity contribution >= 4 is 0 Å². The van der Waals surface area contributed by atoms with E-state index in [4.69, 9.17) is 4.98 Å². The van der Waals surface area contributed by atoms with Gasteiger partial charge in [-0.25, -0.2) is 4.57 Å². The molecule has 1 aliphatic carbocycles. The number of hydrogen-bond acceptors (Lipinski definition) is 1. The van der Waals surface area contributed by atoms with Crippen LogP contribution >= 0.6 is 0 Å². The van der Waals surface area contributed by atoms with Crippen molar-refractivity contribution in [3.8, 4) is 33.5 Å². The van der Waals surface area contributed by atoms with Crippen LogP contribution in [0.1, 0.15) is 41.9 Å². The van der Waals surface area contributed by atoms with Gasteiger partial charge < -0.3 is 0 Å². The van der Waals surface area contributed by atoms with Gasteiger partial charge in [0.1, 0.15) is 7.05 Å². The molecule has 0 unspecified atom stereocenters. The van der Waals surface area contributed by atoms with Gasteiger partial charge in [0.25, 0.3) is 0 Å². The summed E-state index contributed by atoms with van der Waals surface area (Å²) in [4.78, 5) is 4.96. The third-order valence-electron chi connectivity index (χ3n) is 6.73. The van der Waals surface area contributed by atoms with Crippen molar-refractivity contribution in [2.24, 2.45) is 7.05 Å². The minimum atomic E-state index is -0.138. The Hall–Kier alpha value is -3.26.